The van der Waals surface area contributed by atoms with E-state index in [0.717, 1.165) is 39.2 Å². The van der Waals surface area contributed by atoms with Crippen molar-refractivity contribution in [1.82, 2.24) is 9.97 Å². The highest BCUT2D eigenvalue weighted by molar-refractivity contribution is 6.28. The molecule has 9 aromatic carbocycles. The molecule has 2 heteroatoms. The molecule has 0 spiro atoms. The number of benzene rings is 9. The lowest BCUT2D eigenvalue weighted by molar-refractivity contribution is 1.25. The van der Waals surface area contributed by atoms with Crippen LogP contribution in [0.2, 0.25) is 0 Å². The molecule has 0 amide bonds. The summed E-state index contributed by atoms with van der Waals surface area (Å²) >= 11 is 0. The van der Waals surface area contributed by atoms with Crippen molar-refractivity contribution in [2.24, 2.45) is 0 Å². The molecule has 2 heterocycles. The van der Waals surface area contributed by atoms with E-state index in [2.05, 4.69) is 205 Å². The Labute approximate surface area is 361 Å². The van der Waals surface area contributed by atoms with E-state index in [-0.39, 0.29) is 0 Å². The van der Waals surface area contributed by atoms with Gasteiger partial charge in [-0.25, -0.2) is 0 Å². The van der Waals surface area contributed by atoms with E-state index in [9.17, 15) is 0 Å². The van der Waals surface area contributed by atoms with E-state index in [4.69, 9.17) is 4.98 Å². The number of aromatic nitrogens is 2. The lowest BCUT2D eigenvalue weighted by Gasteiger charge is -2.20. The Hall–Kier alpha value is -8.20. The van der Waals surface area contributed by atoms with Crippen LogP contribution in [0.25, 0.3) is 122 Å². The van der Waals surface area contributed by atoms with Gasteiger partial charge >= 0.3 is 0 Å². The third-order valence-electron chi connectivity index (χ3n) is 12.5. The minimum atomic E-state index is 0.857. The molecule has 0 radical (unpaired) electrons. The quantitative estimate of drug-likeness (QED) is 0.161. The molecule has 11 aromatic rings. The van der Waals surface area contributed by atoms with Gasteiger partial charge in [0, 0.05) is 18.0 Å². The van der Waals surface area contributed by atoms with Crippen molar-refractivity contribution < 1.29 is 0 Å². The Morgan fingerprint density at radius 1 is 0.242 bits per heavy atom. The van der Waals surface area contributed by atoms with Gasteiger partial charge < -0.3 is 0 Å². The van der Waals surface area contributed by atoms with Crippen LogP contribution < -0.4 is 0 Å². The van der Waals surface area contributed by atoms with Crippen molar-refractivity contribution >= 4 is 21.5 Å². The number of hydrogen-bond acceptors (Lipinski definition) is 2. The summed E-state index contributed by atoms with van der Waals surface area (Å²) in [6.45, 7) is 0. The van der Waals surface area contributed by atoms with Gasteiger partial charge in [0.2, 0.25) is 0 Å². The Bertz CT molecular complexity index is 3380. The smallest absolute Gasteiger partial charge is 0.0886 e. The van der Waals surface area contributed by atoms with Gasteiger partial charge in [0.05, 0.1) is 11.4 Å². The number of rotatable bonds is 7. The molecule has 12 rings (SSSR count). The fraction of sp³-hybridized carbons (Fsp3) is 0. The summed E-state index contributed by atoms with van der Waals surface area (Å²) in [5, 5.41) is 5.11. The minimum absolute atomic E-state index is 0.857. The Kier molecular flexibility index (Phi) is 8.53. The highest BCUT2D eigenvalue weighted by atomic mass is 14.8. The first-order valence-corrected chi connectivity index (χ1v) is 21.2. The molecule has 0 saturated carbocycles. The first kappa shape index (κ1) is 35.7. The monoisotopic (exact) mass is 786 g/mol. The van der Waals surface area contributed by atoms with Gasteiger partial charge in [-0.15, -0.1) is 0 Å². The standard InChI is InChI=1S/C60H38N2/c1-4-16-39(17-5-1)45-35-46(37-47(36-45)44-29-32-55(62-38-44)54-28-12-13-33-61-54)42-22-14-23-43(34-42)48-30-31-53-58-49(48)26-15-27-52(58)59-56(40-18-6-2-7-19-40)50-24-10-11-25-51(50)57(60(53)59)41-20-8-3-9-21-41/h1-38H. The second kappa shape index (κ2) is 14.8. The number of hydrogen-bond donors (Lipinski definition) is 0. The zero-order chi connectivity index (χ0) is 41.0. The number of nitrogens with zero attached hydrogens (tertiary/aromatic N) is 2. The van der Waals surface area contributed by atoms with Gasteiger partial charge in [-0.2, -0.15) is 0 Å². The SMILES string of the molecule is c1ccc(-c2cc(-c3ccc(-c4ccccn4)nc3)cc(-c3cccc(-c4ccc5c6c(cccc46)-c4c-5c(-c5ccccc5)c5ccccc5c4-c4ccccc4)c3)c2)cc1. The van der Waals surface area contributed by atoms with Gasteiger partial charge in [0.1, 0.15) is 0 Å². The molecule has 0 unspecified atom stereocenters. The molecule has 1 aliphatic rings. The summed E-state index contributed by atoms with van der Waals surface area (Å²) in [4.78, 5) is 9.36. The molecule has 0 fully saturated rings. The molecular weight excluding hydrogens is 749 g/mol. The molecule has 2 aromatic heterocycles. The van der Waals surface area contributed by atoms with E-state index in [1.54, 1.807) is 0 Å². The van der Waals surface area contributed by atoms with Crippen molar-refractivity contribution in [2.45, 2.75) is 0 Å². The number of fused-ring (bicyclic) bond motifs is 4. The first-order chi connectivity index (χ1) is 30.8. The lowest BCUT2D eigenvalue weighted by atomic mass is 9.82. The van der Waals surface area contributed by atoms with Crippen molar-refractivity contribution in [3.8, 4) is 100 Å². The van der Waals surface area contributed by atoms with Crippen LogP contribution in [0.3, 0.4) is 0 Å². The molecule has 1 aliphatic carbocycles. The molecule has 62 heavy (non-hydrogen) atoms. The van der Waals surface area contributed by atoms with Crippen LogP contribution in [0.4, 0.5) is 0 Å². The van der Waals surface area contributed by atoms with E-state index in [1.807, 2.05) is 30.6 Å². The molecular formula is C60H38N2. The summed E-state index contributed by atoms with van der Waals surface area (Å²) in [5.74, 6) is 0. The molecule has 288 valence electrons. The second-order valence-corrected chi connectivity index (χ2v) is 16.1. The summed E-state index contributed by atoms with van der Waals surface area (Å²) in [6.07, 6.45) is 3.77. The van der Waals surface area contributed by atoms with Crippen LogP contribution in [-0.4, -0.2) is 9.97 Å². The van der Waals surface area contributed by atoms with Crippen LogP contribution in [0, 0.1) is 0 Å². The lowest BCUT2D eigenvalue weighted by Crippen LogP contribution is -1.93. The molecule has 0 N–H and O–H groups in total. The first-order valence-electron chi connectivity index (χ1n) is 21.2. The second-order valence-electron chi connectivity index (χ2n) is 16.1. The maximum absolute atomic E-state index is 4.85. The maximum Gasteiger partial charge on any atom is 0.0886 e. The highest BCUT2D eigenvalue weighted by Gasteiger charge is 2.31. The molecule has 0 aliphatic heterocycles. The highest BCUT2D eigenvalue weighted by Crippen LogP contribution is 2.58. The van der Waals surface area contributed by atoms with E-state index in [0.29, 0.717) is 0 Å². The summed E-state index contributed by atoms with van der Waals surface area (Å²) in [7, 11) is 0. The molecule has 0 saturated heterocycles. The van der Waals surface area contributed by atoms with Gasteiger partial charge in [-0.3, -0.25) is 9.97 Å². The van der Waals surface area contributed by atoms with Gasteiger partial charge in [0.25, 0.3) is 0 Å². The van der Waals surface area contributed by atoms with Crippen molar-refractivity contribution in [1.29, 1.82) is 0 Å². The zero-order valence-electron chi connectivity index (χ0n) is 33.8. The van der Waals surface area contributed by atoms with Gasteiger partial charge in [-0.05, 0) is 147 Å². The van der Waals surface area contributed by atoms with Crippen molar-refractivity contribution in [3.05, 3.63) is 231 Å². The topological polar surface area (TPSA) is 25.8 Å². The maximum atomic E-state index is 4.85. The van der Waals surface area contributed by atoms with Gasteiger partial charge in [0.15, 0.2) is 0 Å². The van der Waals surface area contributed by atoms with Crippen molar-refractivity contribution in [2.75, 3.05) is 0 Å². The van der Waals surface area contributed by atoms with Crippen LogP contribution >= 0.6 is 0 Å². The van der Waals surface area contributed by atoms with Crippen LogP contribution in [0.1, 0.15) is 0 Å². The van der Waals surface area contributed by atoms with Crippen molar-refractivity contribution in [3.63, 3.8) is 0 Å². The largest absolute Gasteiger partial charge is 0.255 e. The fourth-order valence-electron chi connectivity index (χ4n) is 9.72. The Morgan fingerprint density at radius 2 is 0.726 bits per heavy atom. The zero-order valence-corrected chi connectivity index (χ0v) is 33.8. The normalized spacial score (nSPS) is 11.5. The Morgan fingerprint density at radius 3 is 1.35 bits per heavy atom. The van der Waals surface area contributed by atoms with Gasteiger partial charge in [-0.1, -0.05) is 176 Å². The molecule has 2 nitrogen and oxygen atoms in total. The van der Waals surface area contributed by atoms with Crippen LogP contribution in [-0.2, 0) is 0 Å². The fourth-order valence-corrected chi connectivity index (χ4v) is 9.72. The molecule has 0 atom stereocenters. The van der Waals surface area contributed by atoms with E-state index >= 15 is 0 Å². The van der Waals surface area contributed by atoms with E-state index in [1.165, 1.54) is 82.7 Å². The van der Waals surface area contributed by atoms with Crippen LogP contribution in [0.5, 0.6) is 0 Å². The average Bonchev–Trinajstić information content (AvgIpc) is 3.69. The summed E-state index contributed by atoms with van der Waals surface area (Å²) in [5.41, 5.74) is 21.2. The molecule has 0 bridgehead atoms. The Balaban J connectivity index is 1.03. The predicted molar refractivity (Wildman–Crippen MR) is 260 cm³/mol. The minimum Gasteiger partial charge on any atom is -0.255 e. The predicted octanol–water partition coefficient (Wildman–Crippen LogP) is 16.1. The van der Waals surface area contributed by atoms with E-state index < -0.39 is 0 Å². The third-order valence-corrected chi connectivity index (χ3v) is 12.5. The van der Waals surface area contributed by atoms with Crippen LogP contribution in [0.15, 0.2) is 231 Å². The summed E-state index contributed by atoms with van der Waals surface area (Å²) < 4.78 is 0. The third kappa shape index (κ3) is 5.96. The summed E-state index contributed by atoms with van der Waals surface area (Å²) in [6, 6.07) is 79.2. The average molecular weight is 787 g/mol. The number of pyridine rings is 2.